The van der Waals surface area contributed by atoms with Gasteiger partial charge in [-0.1, -0.05) is 36.4 Å². The molecule has 1 unspecified atom stereocenters. The van der Waals surface area contributed by atoms with E-state index in [1.807, 2.05) is 31.2 Å². The maximum absolute atomic E-state index is 13.0. The smallest absolute Gasteiger partial charge is 0.318 e. The van der Waals surface area contributed by atoms with E-state index in [0.29, 0.717) is 12.1 Å². The Morgan fingerprint density at radius 2 is 1.92 bits per heavy atom. The lowest BCUT2D eigenvalue weighted by atomic mass is 10.1. The van der Waals surface area contributed by atoms with Gasteiger partial charge in [0.1, 0.15) is 5.82 Å². The highest BCUT2D eigenvalue weighted by molar-refractivity contribution is 5.75. The highest BCUT2D eigenvalue weighted by Crippen LogP contribution is 2.29. The van der Waals surface area contributed by atoms with Gasteiger partial charge >= 0.3 is 6.03 Å². The molecule has 132 valence electrons. The summed E-state index contributed by atoms with van der Waals surface area (Å²) in [6.45, 7) is 2.68. The van der Waals surface area contributed by atoms with Gasteiger partial charge in [-0.2, -0.15) is 0 Å². The molecule has 1 atom stereocenters. The first-order chi connectivity index (χ1) is 12.0. The fourth-order valence-corrected chi connectivity index (χ4v) is 2.84. The summed E-state index contributed by atoms with van der Waals surface area (Å²) < 4.78 is 13.0. The van der Waals surface area contributed by atoms with E-state index in [9.17, 15) is 14.3 Å². The molecule has 1 aliphatic carbocycles. The zero-order valence-corrected chi connectivity index (χ0v) is 14.3. The molecule has 2 aromatic carbocycles. The molecule has 0 radical (unpaired) electrons. The van der Waals surface area contributed by atoms with Crippen LogP contribution in [-0.4, -0.2) is 28.6 Å². The van der Waals surface area contributed by atoms with E-state index in [1.54, 1.807) is 17.0 Å². The Morgan fingerprint density at radius 1 is 1.24 bits per heavy atom. The molecule has 1 aliphatic rings. The summed E-state index contributed by atoms with van der Waals surface area (Å²) in [6.07, 6.45) is 1.08. The number of aliphatic hydroxyl groups is 1. The van der Waals surface area contributed by atoms with Crippen molar-refractivity contribution < 1.29 is 14.3 Å². The predicted octanol–water partition coefficient (Wildman–Crippen LogP) is 3.54. The zero-order valence-electron chi connectivity index (χ0n) is 14.3. The molecular formula is C20H23FN2O2. The second-order valence-electron chi connectivity index (χ2n) is 6.54. The molecule has 0 bridgehead atoms. The topological polar surface area (TPSA) is 52.6 Å². The largest absolute Gasteiger partial charge is 0.387 e. The minimum absolute atomic E-state index is 0.173. The van der Waals surface area contributed by atoms with E-state index in [-0.39, 0.29) is 24.4 Å². The van der Waals surface area contributed by atoms with E-state index in [2.05, 4.69) is 5.32 Å². The Kier molecular flexibility index (Phi) is 5.34. The van der Waals surface area contributed by atoms with Gasteiger partial charge in [0.25, 0.3) is 0 Å². The molecule has 3 rings (SSSR count). The second kappa shape index (κ2) is 7.66. The van der Waals surface area contributed by atoms with E-state index in [0.717, 1.165) is 24.0 Å². The van der Waals surface area contributed by atoms with Gasteiger partial charge in [0, 0.05) is 12.6 Å². The van der Waals surface area contributed by atoms with Gasteiger partial charge in [-0.3, -0.25) is 0 Å². The van der Waals surface area contributed by atoms with Crippen LogP contribution in [0.5, 0.6) is 0 Å². The fourth-order valence-electron chi connectivity index (χ4n) is 2.84. The Balaban J connectivity index is 1.61. The number of hydrogen-bond donors (Lipinski definition) is 2. The molecule has 0 aliphatic heterocycles. The third-order valence-corrected chi connectivity index (χ3v) is 4.56. The van der Waals surface area contributed by atoms with Crippen LogP contribution in [-0.2, 0) is 6.54 Å². The molecule has 1 fully saturated rings. The second-order valence-corrected chi connectivity index (χ2v) is 6.54. The lowest BCUT2D eigenvalue weighted by Gasteiger charge is -2.26. The van der Waals surface area contributed by atoms with Gasteiger partial charge in [0.05, 0.1) is 12.6 Å². The first-order valence-corrected chi connectivity index (χ1v) is 8.57. The van der Waals surface area contributed by atoms with E-state index in [4.69, 9.17) is 0 Å². The number of aryl methyl sites for hydroxylation is 1. The normalized spacial score (nSPS) is 14.8. The van der Waals surface area contributed by atoms with Crippen LogP contribution in [0.15, 0.2) is 48.5 Å². The van der Waals surface area contributed by atoms with Crippen LogP contribution < -0.4 is 5.32 Å². The van der Waals surface area contributed by atoms with Crippen LogP contribution in [0.3, 0.4) is 0 Å². The number of carbonyl (C=O) groups excluding carboxylic acids is 1. The van der Waals surface area contributed by atoms with E-state index in [1.165, 1.54) is 12.1 Å². The summed E-state index contributed by atoms with van der Waals surface area (Å²) in [6, 6.07) is 13.7. The van der Waals surface area contributed by atoms with E-state index < -0.39 is 6.10 Å². The van der Waals surface area contributed by atoms with Crippen LogP contribution >= 0.6 is 0 Å². The third kappa shape index (κ3) is 4.57. The number of amides is 2. The Morgan fingerprint density at radius 3 is 2.56 bits per heavy atom. The van der Waals surface area contributed by atoms with E-state index >= 15 is 0 Å². The minimum atomic E-state index is -0.828. The number of aliphatic hydroxyl groups excluding tert-OH is 1. The van der Waals surface area contributed by atoms with Crippen molar-refractivity contribution in [3.63, 3.8) is 0 Å². The van der Waals surface area contributed by atoms with Crippen molar-refractivity contribution in [1.82, 2.24) is 10.2 Å². The summed E-state index contributed by atoms with van der Waals surface area (Å²) in [7, 11) is 0. The summed E-state index contributed by atoms with van der Waals surface area (Å²) in [4.78, 5) is 14.3. The number of halogens is 1. The minimum Gasteiger partial charge on any atom is -0.387 e. The molecule has 4 nitrogen and oxygen atoms in total. The summed E-state index contributed by atoms with van der Waals surface area (Å²) >= 11 is 0. The molecule has 2 amide bonds. The van der Waals surface area contributed by atoms with Crippen molar-refractivity contribution in [1.29, 1.82) is 0 Å². The molecule has 2 N–H and O–H groups in total. The van der Waals surface area contributed by atoms with Crippen molar-refractivity contribution in [2.24, 2.45) is 0 Å². The van der Waals surface area contributed by atoms with Crippen molar-refractivity contribution in [2.45, 2.75) is 38.5 Å². The van der Waals surface area contributed by atoms with Crippen LogP contribution in [0, 0.1) is 12.7 Å². The number of benzene rings is 2. The highest BCUT2D eigenvalue weighted by Gasteiger charge is 2.34. The van der Waals surface area contributed by atoms with Gasteiger partial charge in [-0.15, -0.1) is 0 Å². The van der Waals surface area contributed by atoms with Crippen LogP contribution in [0.4, 0.5) is 9.18 Å². The third-order valence-electron chi connectivity index (χ3n) is 4.56. The molecule has 5 heteroatoms. The Labute approximate surface area is 147 Å². The number of urea groups is 1. The molecule has 0 saturated heterocycles. The summed E-state index contributed by atoms with van der Waals surface area (Å²) in [5.41, 5.74) is 2.82. The molecule has 0 spiro atoms. The van der Waals surface area contributed by atoms with Gasteiger partial charge < -0.3 is 15.3 Å². The Hall–Kier alpha value is -2.40. The highest BCUT2D eigenvalue weighted by atomic mass is 19.1. The number of nitrogens with one attached hydrogen (secondary N) is 1. The zero-order chi connectivity index (χ0) is 17.8. The average Bonchev–Trinajstić information content (AvgIpc) is 3.44. The van der Waals surface area contributed by atoms with Gasteiger partial charge in [-0.25, -0.2) is 9.18 Å². The molecule has 0 heterocycles. The molecule has 2 aromatic rings. The maximum atomic E-state index is 13.0. The van der Waals surface area contributed by atoms with Crippen LogP contribution in [0.25, 0.3) is 0 Å². The summed E-state index contributed by atoms with van der Waals surface area (Å²) in [5.74, 6) is -0.342. The number of carbonyl (C=O) groups is 1. The quantitative estimate of drug-likeness (QED) is 0.844. The monoisotopic (exact) mass is 342 g/mol. The summed E-state index contributed by atoms with van der Waals surface area (Å²) in [5, 5.41) is 13.3. The Bertz CT molecular complexity index is 729. The first-order valence-electron chi connectivity index (χ1n) is 8.57. The number of nitrogens with zero attached hydrogens (tertiary/aromatic N) is 1. The fraction of sp³-hybridized carbons (Fsp3) is 0.350. The molecule has 25 heavy (non-hydrogen) atoms. The SMILES string of the molecule is Cc1ccccc1CNC(=O)N(CC(O)c1ccc(F)cc1)C1CC1. The van der Waals surface area contributed by atoms with Crippen LogP contribution in [0.2, 0.25) is 0 Å². The van der Waals surface area contributed by atoms with Gasteiger partial charge in [0.15, 0.2) is 0 Å². The standard InChI is InChI=1S/C20H23FN2O2/c1-14-4-2-3-5-16(14)12-22-20(25)23(18-10-11-18)13-19(24)15-6-8-17(21)9-7-15/h2-9,18-19,24H,10-13H2,1H3,(H,22,25). The molecule has 0 aromatic heterocycles. The number of hydrogen-bond acceptors (Lipinski definition) is 2. The maximum Gasteiger partial charge on any atom is 0.318 e. The van der Waals surface area contributed by atoms with Gasteiger partial charge in [-0.05, 0) is 48.6 Å². The molecule has 1 saturated carbocycles. The van der Waals surface area contributed by atoms with Crippen molar-refractivity contribution in [3.8, 4) is 0 Å². The average molecular weight is 342 g/mol. The number of rotatable bonds is 6. The first kappa shape index (κ1) is 17.4. The lowest BCUT2D eigenvalue weighted by Crippen LogP contribution is -2.43. The van der Waals surface area contributed by atoms with Crippen molar-refractivity contribution >= 4 is 6.03 Å². The van der Waals surface area contributed by atoms with Crippen molar-refractivity contribution in [3.05, 3.63) is 71.0 Å². The van der Waals surface area contributed by atoms with Crippen molar-refractivity contribution in [2.75, 3.05) is 6.54 Å². The predicted molar refractivity (Wildman–Crippen MR) is 94.5 cm³/mol. The van der Waals surface area contributed by atoms with Crippen LogP contribution in [0.1, 0.15) is 35.6 Å². The lowest BCUT2D eigenvalue weighted by molar-refractivity contribution is 0.117. The molecular weight excluding hydrogens is 319 g/mol. The van der Waals surface area contributed by atoms with Gasteiger partial charge in [0.2, 0.25) is 0 Å².